The van der Waals surface area contributed by atoms with E-state index < -0.39 is 5.60 Å². The summed E-state index contributed by atoms with van der Waals surface area (Å²) in [5, 5.41) is 10.6. The lowest BCUT2D eigenvalue weighted by molar-refractivity contribution is -0.0208. The van der Waals surface area contributed by atoms with Crippen LogP contribution in [-0.2, 0) is 0 Å². The average Bonchev–Trinajstić information content (AvgIpc) is 2.47. The molecule has 2 rings (SSSR count). The Morgan fingerprint density at radius 2 is 2.00 bits per heavy atom. The quantitative estimate of drug-likeness (QED) is 0.669. The molecule has 0 unspecified atom stereocenters. The largest absolute Gasteiger partial charge is 0.390 e. The van der Waals surface area contributed by atoms with Crippen LogP contribution in [-0.4, -0.2) is 10.7 Å². The standard InChI is InChI=1S/C15H26O/c1-10(2)12-7-8-15(4,16)14-6-5-11(3)13(14)9-12/h11-14,16H,1,5-9H2,2-4H3/t11-,12-,13-,14-,15+/m0/s1. The molecule has 1 heteroatoms. The van der Waals surface area contributed by atoms with Crippen LogP contribution in [0.5, 0.6) is 0 Å². The zero-order valence-corrected chi connectivity index (χ0v) is 11.0. The van der Waals surface area contributed by atoms with Crippen molar-refractivity contribution in [3.63, 3.8) is 0 Å². The highest BCUT2D eigenvalue weighted by Gasteiger charge is 2.46. The predicted molar refractivity (Wildman–Crippen MR) is 68.2 cm³/mol. The molecular formula is C15H26O. The van der Waals surface area contributed by atoms with Gasteiger partial charge in [-0.3, -0.25) is 0 Å². The van der Waals surface area contributed by atoms with E-state index in [4.69, 9.17) is 0 Å². The molecule has 0 bridgehead atoms. The van der Waals surface area contributed by atoms with Gasteiger partial charge in [0.2, 0.25) is 0 Å². The van der Waals surface area contributed by atoms with Crippen molar-refractivity contribution in [2.45, 2.75) is 58.5 Å². The van der Waals surface area contributed by atoms with Gasteiger partial charge in [-0.05, 0) is 63.2 Å². The first-order chi connectivity index (χ1) is 7.42. The highest BCUT2D eigenvalue weighted by Crippen LogP contribution is 2.50. The van der Waals surface area contributed by atoms with Crippen molar-refractivity contribution >= 4 is 0 Å². The Bertz CT molecular complexity index is 279. The van der Waals surface area contributed by atoms with E-state index in [1.807, 2.05) is 0 Å². The molecule has 5 atom stereocenters. The molecule has 0 aromatic carbocycles. The van der Waals surface area contributed by atoms with Crippen LogP contribution < -0.4 is 0 Å². The van der Waals surface area contributed by atoms with Crippen LogP contribution in [0, 0.1) is 23.7 Å². The first-order valence-corrected chi connectivity index (χ1v) is 6.79. The van der Waals surface area contributed by atoms with E-state index in [1.165, 1.54) is 24.8 Å². The number of hydrogen-bond acceptors (Lipinski definition) is 1. The molecule has 16 heavy (non-hydrogen) atoms. The summed E-state index contributed by atoms with van der Waals surface area (Å²) in [4.78, 5) is 0. The minimum Gasteiger partial charge on any atom is -0.390 e. The van der Waals surface area contributed by atoms with Crippen molar-refractivity contribution in [2.75, 3.05) is 0 Å². The number of hydrogen-bond donors (Lipinski definition) is 1. The summed E-state index contributed by atoms with van der Waals surface area (Å²) >= 11 is 0. The summed E-state index contributed by atoms with van der Waals surface area (Å²) in [6.07, 6.45) is 5.87. The van der Waals surface area contributed by atoms with Crippen LogP contribution >= 0.6 is 0 Å². The molecule has 0 radical (unpaired) electrons. The van der Waals surface area contributed by atoms with Crippen molar-refractivity contribution < 1.29 is 5.11 Å². The first-order valence-electron chi connectivity index (χ1n) is 6.79. The molecule has 0 aliphatic heterocycles. The van der Waals surface area contributed by atoms with Gasteiger partial charge < -0.3 is 5.11 Å². The Morgan fingerprint density at radius 1 is 1.31 bits per heavy atom. The average molecular weight is 222 g/mol. The van der Waals surface area contributed by atoms with E-state index in [1.54, 1.807) is 0 Å². The lowest BCUT2D eigenvalue weighted by Crippen LogP contribution is -2.36. The Balaban J connectivity index is 2.21. The van der Waals surface area contributed by atoms with E-state index in [0.717, 1.165) is 24.7 Å². The zero-order chi connectivity index (χ0) is 11.9. The topological polar surface area (TPSA) is 20.2 Å². The van der Waals surface area contributed by atoms with E-state index in [0.29, 0.717) is 11.8 Å². The third kappa shape index (κ3) is 2.07. The molecule has 1 N–H and O–H groups in total. The van der Waals surface area contributed by atoms with Crippen LogP contribution in [0.2, 0.25) is 0 Å². The maximum absolute atomic E-state index is 10.6. The zero-order valence-electron chi connectivity index (χ0n) is 11.0. The van der Waals surface area contributed by atoms with Gasteiger partial charge in [-0.2, -0.15) is 0 Å². The minimum absolute atomic E-state index is 0.431. The molecule has 0 aromatic heterocycles. The Hall–Kier alpha value is -0.300. The lowest BCUT2D eigenvalue weighted by atomic mass is 9.77. The van der Waals surface area contributed by atoms with Crippen molar-refractivity contribution in [2.24, 2.45) is 23.7 Å². The van der Waals surface area contributed by atoms with Gasteiger partial charge >= 0.3 is 0 Å². The van der Waals surface area contributed by atoms with Gasteiger partial charge in [0.25, 0.3) is 0 Å². The highest BCUT2D eigenvalue weighted by molar-refractivity contribution is 5.04. The Morgan fingerprint density at radius 3 is 2.62 bits per heavy atom. The SMILES string of the molecule is C=C(C)[C@H]1CC[C@@](C)(O)[C@H]2CC[C@H](C)[C@@H]2C1. The van der Waals surface area contributed by atoms with Crippen LogP contribution in [0.3, 0.4) is 0 Å². The molecule has 0 spiro atoms. The smallest absolute Gasteiger partial charge is 0.0650 e. The van der Waals surface area contributed by atoms with Gasteiger partial charge in [-0.1, -0.05) is 25.5 Å². The van der Waals surface area contributed by atoms with Crippen molar-refractivity contribution in [1.29, 1.82) is 0 Å². The molecule has 1 nitrogen and oxygen atoms in total. The van der Waals surface area contributed by atoms with Crippen LogP contribution in [0.1, 0.15) is 52.9 Å². The first kappa shape index (κ1) is 12.2. The second-order valence-corrected chi connectivity index (χ2v) is 6.50. The minimum atomic E-state index is -0.431. The fourth-order valence-electron chi connectivity index (χ4n) is 3.98. The highest BCUT2D eigenvalue weighted by atomic mass is 16.3. The summed E-state index contributed by atoms with van der Waals surface area (Å²) in [5.74, 6) is 2.68. The van der Waals surface area contributed by atoms with E-state index >= 15 is 0 Å². The van der Waals surface area contributed by atoms with Crippen molar-refractivity contribution in [3.8, 4) is 0 Å². The van der Waals surface area contributed by atoms with Crippen molar-refractivity contribution in [3.05, 3.63) is 12.2 Å². The summed E-state index contributed by atoms with van der Waals surface area (Å²) < 4.78 is 0. The van der Waals surface area contributed by atoms with Crippen LogP contribution in [0.25, 0.3) is 0 Å². The maximum atomic E-state index is 10.6. The Kier molecular flexibility index (Phi) is 3.18. The number of aliphatic hydroxyl groups is 1. The third-order valence-corrected chi connectivity index (χ3v) is 5.23. The number of fused-ring (bicyclic) bond motifs is 1. The molecule has 0 aromatic rings. The molecule has 2 aliphatic carbocycles. The number of rotatable bonds is 1. The third-order valence-electron chi connectivity index (χ3n) is 5.23. The normalized spacial score (nSPS) is 48.5. The molecule has 2 saturated carbocycles. The monoisotopic (exact) mass is 222 g/mol. The van der Waals surface area contributed by atoms with Gasteiger partial charge in [-0.25, -0.2) is 0 Å². The molecular weight excluding hydrogens is 196 g/mol. The van der Waals surface area contributed by atoms with E-state index in [2.05, 4.69) is 27.4 Å². The fraction of sp³-hybridized carbons (Fsp3) is 0.867. The summed E-state index contributed by atoms with van der Waals surface area (Å²) in [5.41, 5.74) is 0.884. The second kappa shape index (κ2) is 4.18. The summed E-state index contributed by atoms with van der Waals surface area (Å²) in [7, 11) is 0. The molecule has 92 valence electrons. The lowest BCUT2D eigenvalue weighted by Gasteiger charge is -2.33. The second-order valence-electron chi connectivity index (χ2n) is 6.50. The predicted octanol–water partition coefficient (Wildman–Crippen LogP) is 3.78. The van der Waals surface area contributed by atoms with Crippen LogP contribution in [0.4, 0.5) is 0 Å². The molecule has 2 fully saturated rings. The van der Waals surface area contributed by atoms with Gasteiger partial charge in [0, 0.05) is 0 Å². The Labute approximate surface area is 99.9 Å². The van der Waals surface area contributed by atoms with Crippen molar-refractivity contribution in [1.82, 2.24) is 0 Å². The summed E-state index contributed by atoms with van der Waals surface area (Å²) in [6, 6.07) is 0. The molecule has 2 aliphatic rings. The summed E-state index contributed by atoms with van der Waals surface area (Å²) in [6.45, 7) is 10.7. The maximum Gasteiger partial charge on any atom is 0.0650 e. The van der Waals surface area contributed by atoms with E-state index in [-0.39, 0.29) is 0 Å². The van der Waals surface area contributed by atoms with Gasteiger partial charge in [-0.15, -0.1) is 0 Å². The fourth-order valence-corrected chi connectivity index (χ4v) is 3.98. The van der Waals surface area contributed by atoms with E-state index in [9.17, 15) is 5.11 Å². The number of allylic oxidation sites excluding steroid dienone is 1. The molecule has 0 heterocycles. The van der Waals surface area contributed by atoms with Crippen LogP contribution in [0.15, 0.2) is 12.2 Å². The van der Waals surface area contributed by atoms with Gasteiger partial charge in [0.05, 0.1) is 5.60 Å². The molecule has 0 amide bonds. The van der Waals surface area contributed by atoms with Gasteiger partial charge in [0.15, 0.2) is 0 Å². The molecule has 0 saturated heterocycles. The van der Waals surface area contributed by atoms with Gasteiger partial charge in [0.1, 0.15) is 0 Å².